The van der Waals surface area contributed by atoms with Gasteiger partial charge in [-0.2, -0.15) is 0 Å². The van der Waals surface area contributed by atoms with E-state index in [-0.39, 0.29) is 76.0 Å². The molecule has 0 amide bonds. The molecule has 0 saturated carbocycles. The zero-order valence-electron chi connectivity index (χ0n) is 25.3. The van der Waals surface area contributed by atoms with E-state index in [9.17, 15) is 35.7 Å². The number of aromatic hydroxyl groups is 2. The highest BCUT2D eigenvalue weighted by Gasteiger charge is 2.31. The van der Waals surface area contributed by atoms with Crippen LogP contribution in [0.4, 0.5) is 0 Å². The van der Waals surface area contributed by atoms with Crippen molar-refractivity contribution in [2.24, 2.45) is 0 Å². The van der Waals surface area contributed by atoms with E-state index in [4.69, 9.17) is 4.42 Å². The summed E-state index contributed by atoms with van der Waals surface area (Å²) >= 11 is 0. The molecule has 2 aromatic carbocycles. The minimum Gasteiger partial charge on any atom is -0.507 e. The molecule has 0 spiro atoms. The van der Waals surface area contributed by atoms with Crippen LogP contribution in [0.15, 0.2) is 40.8 Å². The van der Waals surface area contributed by atoms with E-state index in [1.165, 1.54) is 12.1 Å². The number of benzene rings is 2. The van der Waals surface area contributed by atoms with Crippen LogP contribution in [0.1, 0.15) is 105 Å². The monoisotopic (exact) mass is 586 g/mol. The van der Waals surface area contributed by atoms with Crippen LogP contribution in [0.2, 0.25) is 0 Å². The summed E-state index contributed by atoms with van der Waals surface area (Å²) in [7, 11) is 0. The lowest BCUT2D eigenvalue weighted by molar-refractivity contribution is 0.162. The maximum atomic E-state index is 11.3. The Morgan fingerprint density at radius 2 is 1.10 bits per heavy atom. The predicted octanol–water partition coefficient (Wildman–Crippen LogP) is 3.19. The van der Waals surface area contributed by atoms with Crippen LogP contribution in [-0.4, -0.2) is 59.9 Å². The molecule has 42 heavy (non-hydrogen) atoms. The molecule has 1 aromatic heterocycles. The van der Waals surface area contributed by atoms with Gasteiger partial charge in [-0.25, -0.2) is 0 Å². The third-order valence-corrected chi connectivity index (χ3v) is 6.99. The highest BCUT2D eigenvalue weighted by Crippen LogP contribution is 2.45. The number of aliphatic hydroxyl groups excluding tert-OH is 5. The standard InChI is InChI=1S/C32H46N2O8/c1-31(2,3)33-13-25(38)18-9-20(15-35)29(40)23(11-18)28(27-8-7-22(17-37)42-27)24-12-19(10-21(16-36)30(24)41)26(39)14-34-32(4,5)6/h7-12,25-26,28,33-41H,13-17H2,1-6H3. The number of rotatable bonds is 12. The summed E-state index contributed by atoms with van der Waals surface area (Å²) in [5.41, 5.74) is 1.02. The topological polar surface area (TPSA) is 179 Å². The maximum Gasteiger partial charge on any atom is 0.129 e. The number of hydrogen-bond donors (Lipinski definition) is 9. The maximum absolute atomic E-state index is 11.3. The Morgan fingerprint density at radius 3 is 1.43 bits per heavy atom. The van der Waals surface area contributed by atoms with Crippen LogP contribution in [-0.2, 0) is 19.8 Å². The SMILES string of the molecule is CC(C)(C)NCC(O)c1cc(CO)c(O)c(C(c2ccc(CO)o2)c2cc(C(O)CNC(C)(C)C)cc(CO)c2O)c1. The average molecular weight is 587 g/mol. The van der Waals surface area contributed by atoms with Crippen molar-refractivity contribution in [2.45, 2.75) is 90.6 Å². The average Bonchev–Trinajstić information content (AvgIpc) is 3.40. The largest absolute Gasteiger partial charge is 0.507 e. The number of aliphatic hydroxyl groups is 5. The second-order valence-corrected chi connectivity index (χ2v) is 12.7. The number of hydrogen-bond acceptors (Lipinski definition) is 10. The van der Waals surface area contributed by atoms with E-state index in [1.807, 2.05) is 41.5 Å². The summed E-state index contributed by atoms with van der Waals surface area (Å²) in [6, 6.07) is 9.36. The van der Waals surface area contributed by atoms with Crippen molar-refractivity contribution in [1.29, 1.82) is 0 Å². The van der Waals surface area contributed by atoms with E-state index >= 15 is 0 Å². The zero-order valence-corrected chi connectivity index (χ0v) is 25.3. The molecule has 0 bridgehead atoms. The number of β-amino-alcohol motifs (C(OH)–C–C–N with tert-alkyl or cyclic N) is 2. The van der Waals surface area contributed by atoms with Crippen molar-refractivity contribution in [3.8, 4) is 11.5 Å². The Morgan fingerprint density at radius 1 is 0.667 bits per heavy atom. The normalized spacial score (nSPS) is 14.6. The molecule has 0 fully saturated rings. The van der Waals surface area contributed by atoms with Gasteiger partial charge in [-0.15, -0.1) is 0 Å². The minimum absolute atomic E-state index is 0.156. The van der Waals surface area contributed by atoms with Gasteiger partial charge in [-0.3, -0.25) is 0 Å². The molecular formula is C32H46N2O8. The Labute approximate surface area is 247 Å². The van der Waals surface area contributed by atoms with Gasteiger partial charge in [0.25, 0.3) is 0 Å². The molecule has 0 aliphatic heterocycles. The first kappa shape index (κ1) is 33.5. The molecular weight excluding hydrogens is 540 g/mol. The van der Waals surface area contributed by atoms with Crippen molar-refractivity contribution in [1.82, 2.24) is 10.6 Å². The predicted molar refractivity (Wildman–Crippen MR) is 159 cm³/mol. The van der Waals surface area contributed by atoms with Gasteiger partial charge in [0.05, 0.1) is 31.3 Å². The number of furan rings is 1. The molecule has 0 saturated heterocycles. The van der Waals surface area contributed by atoms with Crippen molar-refractivity contribution in [3.63, 3.8) is 0 Å². The van der Waals surface area contributed by atoms with Crippen molar-refractivity contribution in [2.75, 3.05) is 13.1 Å². The molecule has 9 N–H and O–H groups in total. The van der Waals surface area contributed by atoms with E-state index in [2.05, 4.69) is 10.6 Å². The Kier molecular flexibility index (Phi) is 10.8. The van der Waals surface area contributed by atoms with Crippen molar-refractivity contribution >= 4 is 0 Å². The smallest absolute Gasteiger partial charge is 0.129 e. The second kappa shape index (κ2) is 13.6. The lowest BCUT2D eigenvalue weighted by atomic mass is 9.83. The molecule has 10 nitrogen and oxygen atoms in total. The van der Waals surface area contributed by atoms with Crippen LogP contribution in [0.25, 0.3) is 0 Å². The van der Waals surface area contributed by atoms with E-state index in [1.54, 1.807) is 24.3 Å². The molecule has 3 aromatic rings. The third-order valence-electron chi connectivity index (χ3n) is 6.99. The fourth-order valence-corrected chi connectivity index (χ4v) is 4.71. The lowest BCUT2D eigenvalue weighted by Crippen LogP contribution is -2.38. The molecule has 1 heterocycles. The fourth-order valence-electron chi connectivity index (χ4n) is 4.71. The summed E-state index contributed by atoms with van der Waals surface area (Å²) in [4.78, 5) is 0. The van der Waals surface area contributed by atoms with E-state index in [0.717, 1.165) is 0 Å². The number of nitrogens with one attached hydrogen (secondary N) is 2. The molecule has 0 aliphatic carbocycles. The molecule has 0 radical (unpaired) electrons. The highest BCUT2D eigenvalue weighted by molar-refractivity contribution is 5.57. The summed E-state index contributed by atoms with van der Waals surface area (Å²) < 4.78 is 5.90. The first-order valence-electron chi connectivity index (χ1n) is 14.1. The first-order chi connectivity index (χ1) is 19.6. The molecule has 2 unspecified atom stereocenters. The lowest BCUT2D eigenvalue weighted by Gasteiger charge is -2.26. The van der Waals surface area contributed by atoms with Crippen LogP contribution in [0, 0.1) is 0 Å². The van der Waals surface area contributed by atoms with Crippen LogP contribution >= 0.6 is 0 Å². The molecule has 3 rings (SSSR count). The summed E-state index contributed by atoms with van der Waals surface area (Å²) in [6.07, 6.45) is -2.00. The van der Waals surface area contributed by atoms with Gasteiger partial charge in [-0.1, -0.05) is 0 Å². The fraction of sp³-hybridized carbons (Fsp3) is 0.500. The first-order valence-corrected chi connectivity index (χ1v) is 14.1. The Hall–Kier alpha value is -2.96. The molecule has 232 valence electrons. The van der Waals surface area contributed by atoms with Gasteiger partial charge >= 0.3 is 0 Å². The number of phenols is 2. The van der Waals surface area contributed by atoms with Gasteiger partial charge in [0, 0.05) is 46.4 Å². The van der Waals surface area contributed by atoms with Crippen molar-refractivity contribution < 1.29 is 40.2 Å². The van der Waals surface area contributed by atoms with Gasteiger partial charge in [0.1, 0.15) is 29.6 Å². The Bertz CT molecular complexity index is 1260. The van der Waals surface area contributed by atoms with Crippen LogP contribution in [0.3, 0.4) is 0 Å². The van der Waals surface area contributed by atoms with Gasteiger partial charge in [0.15, 0.2) is 0 Å². The Balaban J connectivity index is 2.26. The molecule has 10 heteroatoms. The van der Waals surface area contributed by atoms with Gasteiger partial charge < -0.3 is 50.8 Å². The van der Waals surface area contributed by atoms with Gasteiger partial charge in [-0.05, 0) is 89.1 Å². The molecule has 0 aliphatic rings. The summed E-state index contributed by atoms with van der Waals surface area (Å²) in [5.74, 6) is -1.05. The van der Waals surface area contributed by atoms with Gasteiger partial charge in [0.2, 0.25) is 0 Å². The molecule has 2 atom stereocenters. The van der Waals surface area contributed by atoms with E-state index in [0.29, 0.717) is 11.1 Å². The van der Waals surface area contributed by atoms with E-state index < -0.39 is 31.3 Å². The van der Waals surface area contributed by atoms with Crippen molar-refractivity contribution in [3.05, 3.63) is 81.3 Å². The van der Waals surface area contributed by atoms with Crippen LogP contribution in [0.5, 0.6) is 11.5 Å². The summed E-state index contributed by atoms with van der Waals surface area (Å²) in [6.45, 7) is 10.7. The third kappa shape index (κ3) is 8.32. The highest BCUT2D eigenvalue weighted by atomic mass is 16.4. The van der Waals surface area contributed by atoms with Crippen LogP contribution < -0.4 is 10.6 Å². The second-order valence-electron chi connectivity index (χ2n) is 12.7. The zero-order chi connectivity index (χ0) is 31.4. The quantitative estimate of drug-likeness (QED) is 0.153. The minimum atomic E-state index is -1.01. The summed E-state index contributed by atoms with van der Waals surface area (Å²) in [5, 5.41) is 81.2.